The van der Waals surface area contributed by atoms with E-state index in [2.05, 4.69) is 0 Å². The Morgan fingerprint density at radius 3 is 2.06 bits per heavy atom. The number of amides is 1. The highest BCUT2D eigenvalue weighted by atomic mass is 16.5. The summed E-state index contributed by atoms with van der Waals surface area (Å²) in [4.78, 5) is 15.2. The van der Waals surface area contributed by atoms with Crippen LogP contribution in [0.25, 0.3) is 0 Å². The normalized spacial score (nSPS) is 12.5. The van der Waals surface area contributed by atoms with E-state index in [9.17, 15) is 4.79 Å². The quantitative estimate of drug-likeness (QED) is 0.490. The van der Waals surface area contributed by atoms with Crippen LogP contribution in [-0.2, 0) is 19.6 Å². The number of carbonyl (C=O) groups excluding carboxylic acids is 1. The lowest BCUT2D eigenvalue weighted by atomic mass is 9.98. The third-order valence-electron chi connectivity index (χ3n) is 5.93. The molecule has 1 aliphatic rings. The van der Waals surface area contributed by atoms with Gasteiger partial charge >= 0.3 is 0 Å². The summed E-state index contributed by atoms with van der Waals surface area (Å²) in [6, 6.07) is 17.4. The highest BCUT2D eigenvalue weighted by Crippen LogP contribution is 2.39. The van der Waals surface area contributed by atoms with Crippen molar-refractivity contribution in [1.82, 2.24) is 4.90 Å². The van der Waals surface area contributed by atoms with E-state index in [4.69, 9.17) is 23.7 Å². The molecule has 0 radical (unpaired) electrons. The maximum atomic E-state index is 13.3. The van der Waals surface area contributed by atoms with Crippen molar-refractivity contribution >= 4 is 5.91 Å². The van der Waals surface area contributed by atoms with Crippen molar-refractivity contribution in [2.24, 2.45) is 0 Å². The van der Waals surface area contributed by atoms with Crippen LogP contribution in [0.3, 0.4) is 0 Å². The van der Waals surface area contributed by atoms with Crippen LogP contribution in [0, 0.1) is 0 Å². The minimum absolute atomic E-state index is 0.103. The van der Waals surface area contributed by atoms with E-state index in [1.54, 1.807) is 19.2 Å². The van der Waals surface area contributed by atoms with Gasteiger partial charge in [-0.05, 0) is 47.4 Å². The molecule has 4 rings (SSSR count). The second-order valence-corrected chi connectivity index (χ2v) is 7.94. The van der Waals surface area contributed by atoms with Gasteiger partial charge in [-0.15, -0.1) is 0 Å². The standard InChI is InChI=1S/C27H29NO6/c1-30-22-15-21-16-28(27(29)20-13-24(31-2)26(33-4)25(14-20)32-3)11-10-19(21)12-23(22)34-17-18-8-6-5-7-9-18/h5-9,12-15H,10-11,16-17H2,1-4H3. The fourth-order valence-corrected chi connectivity index (χ4v) is 4.13. The highest BCUT2D eigenvalue weighted by Gasteiger charge is 2.26. The average Bonchev–Trinajstić information content (AvgIpc) is 2.90. The van der Waals surface area contributed by atoms with Crippen molar-refractivity contribution in [3.8, 4) is 28.7 Å². The molecule has 1 aliphatic heterocycles. The number of fused-ring (bicyclic) bond motifs is 1. The van der Waals surface area contributed by atoms with Gasteiger partial charge in [-0.3, -0.25) is 4.79 Å². The summed E-state index contributed by atoms with van der Waals surface area (Å²) in [5, 5.41) is 0. The zero-order chi connectivity index (χ0) is 24.1. The number of nitrogens with zero attached hydrogens (tertiary/aromatic N) is 1. The number of carbonyl (C=O) groups is 1. The molecule has 3 aromatic carbocycles. The molecule has 0 N–H and O–H groups in total. The lowest BCUT2D eigenvalue weighted by Gasteiger charge is -2.30. The first kappa shape index (κ1) is 23.3. The monoisotopic (exact) mass is 463 g/mol. The second-order valence-electron chi connectivity index (χ2n) is 7.94. The van der Waals surface area contributed by atoms with Crippen molar-refractivity contribution in [3.63, 3.8) is 0 Å². The molecule has 0 atom stereocenters. The SMILES string of the molecule is COc1cc2c(cc1OCc1ccccc1)CCN(C(=O)c1cc(OC)c(OC)c(OC)c1)C2. The van der Waals surface area contributed by atoms with Crippen LogP contribution in [0.2, 0.25) is 0 Å². The third-order valence-corrected chi connectivity index (χ3v) is 5.93. The summed E-state index contributed by atoms with van der Waals surface area (Å²) in [5.41, 5.74) is 3.76. The first-order chi connectivity index (χ1) is 16.6. The highest BCUT2D eigenvalue weighted by molar-refractivity contribution is 5.95. The fraction of sp³-hybridized carbons (Fsp3) is 0.296. The Morgan fingerprint density at radius 2 is 1.44 bits per heavy atom. The Balaban J connectivity index is 1.55. The molecule has 3 aromatic rings. The molecule has 0 saturated heterocycles. The molecule has 0 bridgehead atoms. The number of methoxy groups -OCH3 is 4. The molecule has 1 heterocycles. The van der Waals surface area contributed by atoms with E-state index in [1.807, 2.05) is 47.4 Å². The van der Waals surface area contributed by atoms with Crippen LogP contribution in [0.4, 0.5) is 0 Å². The Morgan fingerprint density at radius 1 is 0.794 bits per heavy atom. The molecule has 0 spiro atoms. The summed E-state index contributed by atoms with van der Waals surface area (Å²) >= 11 is 0. The summed E-state index contributed by atoms with van der Waals surface area (Å²) in [7, 11) is 6.23. The lowest BCUT2D eigenvalue weighted by Crippen LogP contribution is -2.36. The van der Waals surface area contributed by atoms with Crippen molar-refractivity contribution in [3.05, 3.63) is 76.9 Å². The topological polar surface area (TPSA) is 66.5 Å². The Kier molecular flexibility index (Phi) is 7.11. The minimum atomic E-state index is -0.103. The predicted octanol–water partition coefficient (Wildman–Crippen LogP) is 4.50. The van der Waals surface area contributed by atoms with Gasteiger partial charge in [0.25, 0.3) is 5.91 Å². The lowest BCUT2D eigenvalue weighted by molar-refractivity contribution is 0.0733. The number of ether oxygens (including phenoxy) is 5. The number of rotatable bonds is 8. The molecule has 1 amide bonds. The molecule has 0 aliphatic carbocycles. The van der Waals surface area contributed by atoms with Gasteiger partial charge in [0.05, 0.1) is 28.4 Å². The van der Waals surface area contributed by atoms with Crippen LogP contribution in [0.5, 0.6) is 28.7 Å². The Bertz CT molecular complexity index is 1140. The van der Waals surface area contributed by atoms with E-state index in [1.165, 1.54) is 21.3 Å². The van der Waals surface area contributed by atoms with Crippen molar-refractivity contribution in [1.29, 1.82) is 0 Å². The maximum Gasteiger partial charge on any atom is 0.254 e. The van der Waals surface area contributed by atoms with E-state index < -0.39 is 0 Å². The molecular formula is C27H29NO6. The Labute approximate surface area is 199 Å². The van der Waals surface area contributed by atoms with Gasteiger partial charge < -0.3 is 28.6 Å². The molecule has 34 heavy (non-hydrogen) atoms. The van der Waals surface area contributed by atoms with Crippen molar-refractivity contribution in [2.75, 3.05) is 35.0 Å². The molecule has 178 valence electrons. The van der Waals surface area contributed by atoms with E-state index in [0.717, 1.165) is 23.1 Å². The first-order valence-corrected chi connectivity index (χ1v) is 11.0. The van der Waals surface area contributed by atoms with E-state index in [0.29, 0.717) is 54.0 Å². The largest absolute Gasteiger partial charge is 0.493 e. The van der Waals surface area contributed by atoms with Gasteiger partial charge in [-0.25, -0.2) is 0 Å². The maximum absolute atomic E-state index is 13.3. The zero-order valence-corrected chi connectivity index (χ0v) is 19.9. The van der Waals surface area contributed by atoms with Crippen LogP contribution in [-0.4, -0.2) is 45.8 Å². The van der Waals surface area contributed by atoms with Crippen LogP contribution < -0.4 is 23.7 Å². The molecule has 0 aromatic heterocycles. The number of benzene rings is 3. The van der Waals surface area contributed by atoms with E-state index >= 15 is 0 Å². The number of hydrogen-bond donors (Lipinski definition) is 0. The fourth-order valence-electron chi connectivity index (χ4n) is 4.13. The van der Waals surface area contributed by atoms with Gasteiger partial charge in [0.2, 0.25) is 5.75 Å². The Hall–Kier alpha value is -3.87. The first-order valence-electron chi connectivity index (χ1n) is 11.0. The van der Waals surface area contributed by atoms with Gasteiger partial charge in [0.15, 0.2) is 23.0 Å². The van der Waals surface area contributed by atoms with Crippen molar-refractivity contribution in [2.45, 2.75) is 19.6 Å². The molecule has 0 saturated carbocycles. The van der Waals surface area contributed by atoms with Gasteiger partial charge in [0, 0.05) is 18.7 Å². The smallest absolute Gasteiger partial charge is 0.254 e. The zero-order valence-electron chi connectivity index (χ0n) is 19.9. The third kappa shape index (κ3) is 4.73. The van der Waals surface area contributed by atoms with Crippen molar-refractivity contribution < 1.29 is 28.5 Å². The van der Waals surface area contributed by atoms with Gasteiger partial charge in [-0.1, -0.05) is 30.3 Å². The van der Waals surface area contributed by atoms with Gasteiger partial charge in [0.1, 0.15) is 6.61 Å². The molecule has 7 heteroatoms. The molecule has 0 fully saturated rings. The summed E-state index contributed by atoms with van der Waals surface area (Å²) in [5.74, 6) is 2.60. The second kappa shape index (κ2) is 10.4. The van der Waals surface area contributed by atoms with E-state index in [-0.39, 0.29) is 5.91 Å². The molecule has 7 nitrogen and oxygen atoms in total. The van der Waals surface area contributed by atoms with Gasteiger partial charge in [-0.2, -0.15) is 0 Å². The predicted molar refractivity (Wildman–Crippen MR) is 128 cm³/mol. The van der Waals surface area contributed by atoms with Crippen LogP contribution in [0.1, 0.15) is 27.0 Å². The molecular weight excluding hydrogens is 434 g/mol. The van der Waals surface area contributed by atoms with Crippen LogP contribution in [0.15, 0.2) is 54.6 Å². The van der Waals surface area contributed by atoms with Crippen LogP contribution >= 0.6 is 0 Å². The number of hydrogen-bond acceptors (Lipinski definition) is 6. The summed E-state index contributed by atoms with van der Waals surface area (Å²) < 4.78 is 27.8. The summed E-state index contributed by atoms with van der Waals surface area (Å²) in [6.45, 7) is 1.52. The average molecular weight is 464 g/mol. The summed E-state index contributed by atoms with van der Waals surface area (Å²) in [6.07, 6.45) is 0.719. The molecule has 0 unspecified atom stereocenters. The minimum Gasteiger partial charge on any atom is -0.493 e.